The maximum Gasteiger partial charge on any atom is 0.335 e. The summed E-state index contributed by atoms with van der Waals surface area (Å²) in [6.45, 7) is 0. The fourth-order valence-corrected chi connectivity index (χ4v) is 1.62. The summed E-state index contributed by atoms with van der Waals surface area (Å²) in [6, 6.07) is 6.57. The van der Waals surface area contributed by atoms with Crippen molar-refractivity contribution in [2.75, 3.05) is 5.32 Å². The van der Waals surface area contributed by atoms with Gasteiger partial charge in [0.05, 0.1) is 11.1 Å². The molecule has 1 amide bonds. The SMILES string of the molecule is O=C(O)c1cc(NC(=O)c2ccc[nH]2)cc(C(=O)O)c1. The normalized spacial score (nSPS) is 10.0. The number of hydrogen-bond donors (Lipinski definition) is 4. The van der Waals surface area contributed by atoms with Crippen molar-refractivity contribution in [3.63, 3.8) is 0 Å². The summed E-state index contributed by atoms with van der Waals surface area (Å²) in [5.74, 6) is -3.04. The molecule has 0 saturated heterocycles. The first kappa shape index (κ1) is 13.3. The molecular weight excluding hydrogens is 264 g/mol. The lowest BCUT2D eigenvalue weighted by molar-refractivity contribution is 0.0696. The van der Waals surface area contributed by atoms with Crippen molar-refractivity contribution in [2.45, 2.75) is 0 Å². The first-order valence-corrected chi connectivity index (χ1v) is 5.54. The van der Waals surface area contributed by atoms with Gasteiger partial charge in [-0.15, -0.1) is 0 Å². The van der Waals surface area contributed by atoms with Crippen LogP contribution in [0.3, 0.4) is 0 Å². The van der Waals surface area contributed by atoms with Gasteiger partial charge < -0.3 is 20.5 Å². The standard InChI is InChI=1S/C13H10N2O5/c16-11(10-2-1-3-14-10)15-9-5-7(12(17)18)4-8(6-9)13(19)20/h1-6,14H,(H,15,16)(H,17,18)(H,19,20). The zero-order valence-corrected chi connectivity index (χ0v) is 10.1. The van der Waals surface area contributed by atoms with Crippen LogP contribution in [-0.2, 0) is 0 Å². The number of benzene rings is 1. The Labute approximate surface area is 112 Å². The summed E-state index contributed by atoms with van der Waals surface area (Å²) in [7, 11) is 0. The quantitative estimate of drug-likeness (QED) is 0.676. The van der Waals surface area contributed by atoms with Crippen LogP contribution in [-0.4, -0.2) is 33.0 Å². The number of aromatic nitrogens is 1. The number of carbonyl (C=O) groups excluding carboxylic acids is 1. The number of nitrogens with one attached hydrogen (secondary N) is 2. The molecule has 1 heterocycles. The largest absolute Gasteiger partial charge is 0.478 e. The minimum Gasteiger partial charge on any atom is -0.478 e. The first-order chi connectivity index (χ1) is 9.47. The highest BCUT2D eigenvalue weighted by Crippen LogP contribution is 2.16. The van der Waals surface area contributed by atoms with Crippen LogP contribution in [0.2, 0.25) is 0 Å². The molecule has 2 rings (SSSR count). The number of H-pyrrole nitrogens is 1. The average molecular weight is 274 g/mol. The Morgan fingerprint density at radius 2 is 1.60 bits per heavy atom. The van der Waals surface area contributed by atoms with Crippen LogP contribution in [0.25, 0.3) is 0 Å². The minimum atomic E-state index is -1.27. The lowest BCUT2D eigenvalue weighted by Gasteiger charge is -2.07. The van der Waals surface area contributed by atoms with Crippen LogP contribution >= 0.6 is 0 Å². The molecule has 0 saturated carbocycles. The van der Waals surface area contributed by atoms with Gasteiger partial charge in [-0.3, -0.25) is 4.79 Å². The summed E-state index contributed by atoms with van der Waals surface area (Å²) in [6.07, 6.45) is 1.56. The molecule has 20 heavy (non-hydrogen) atoms. The van der Waals surface area contributed by atoms with Crippen LogP contribution in [0.15, 0.2) is 36.5 Å². The van der Waals surface area contributed by atoms with Crippen molar-refractivity contribution in [1.29, 1.82) is 0 Å². The summed E-state index contributed by atoms with van der Waals surface area (Å²) >= 11 is 0. The van der Waals surface area contributed by atoms with E-state index in [2.05, 4.69) is 10.3 Å². The van der Waals surface area contributed by atoms with E-state index in [1.807, 2.05) is 0 Å². The van der Waals surface area contributed by atoms with Crippen molar-refractivity contribution in [1.82, 2.24) is 4.98 Å². The Hall–Kier alpha value is -3.09. The van der Waals surface area contributed by atoms with E-state index >= 15 is 0 Å². The van der Waals surface area contributed by atoms with Crippen LogP contribution in [0, 0.1) is 0 Å². The summed E-state index contributed by atoms with van der Waals surface area (Å²) in [5, 5.41) is 20.3. The van der Waals surface area contributed by atoms with Gasteiger partial charge in [-0.25, -0.2) is 9.59 Å². The molecule has 0 atom stereocenters. The maximum absolute atomic E-state index is 11.8. The van der Waals surface area contributed by atoms with Gasteiger partial charge in [0, 0.05) is 11.9 Å². The van der Waals surface area contributed by atoms with Crippen molar-refractivity contribution in [2.24, 2.45) is 0 Å². The van der Waals surface area contributed by atoms with Crippen LogP contribution < -0.4 is 5.32 Å². The third-order valence-electron chi connectivity index (χ3n) is 2.53. The molecule has 0 aliphatic heterocycles. The van der Waals surface area contributed by atoms with E-state index in [-0.39, 0.29) is 22.5 Å². The molecule has 0 spiro atoms. The Balaban J connectivity index is 2.33. The van der Waals surface area contributed by atoms with Crippen molar-refractivity contribution in [3.8, 4) is 0 Å². The van der Waals surface area contributed by atoms with Gasteiger partial charge in [-0.05, 0) is 30.3 Å². The zero-order valence-electron chi connectivity index (χ0n) is 10.1. The third-order valence-corrected chi connectivity index (χ3v) is 2.53. The van der Waals surface area contributed by atoms with Crippen molar-refractivity contribution < 1.29 is 24.6 Å². The van der Waals surface area contributed by atoms with Gasteiger partial charge in [0.2, 0.25) is 0 Å². The summed E-state index contributed by atoms with van der Waals surface area (Å²) < 4.78 is 0. The Kier molecular flexibility index (Phi) is 3.52. The second-order valence-electron chi connectivity index (χ2n) is 3.95. The van der Waals surface area contributed by atoms with Gasteiger partial charge in [0.25, 0.3) is 5.91 Å². The van der Waals surface area contributed by atoms with Gasteiger partial charge in [-0.2, -0.15) is 0 Å². The molecule has 0 fully saturated rings. The number of carbonyl (C=O) groups is 3. The highest BCUT2D eigenvalue weighted by atomic mass is 16.4. The Bertz CT molecular complexity index is 644. The predicted octanol–water partition coefficient (Wildman–Crippen LogP) is 1.66. The fourth-order valence-electron chi connectivity index (χ4n) is 1.62. The smallest absolute Gasteiger partial charge is 0.335 e. The average Bonchev–Trinajstić information content (AvgIpc) is 2.92. The van der Waals surface area contributed by atoms with E-state index in [1.54, 1.807) is 12.3 Å². The number of rotatable bonds is 4. The Morgan fingerprint density at radius 1 is 1.00 bits per heavy atom. The second kappa shape index (κ2) is 5.27. The summed E-state index contributed by atoms with van der Waals surface area (Å²) in [4.78, 5) is 36.3. The molecule has 102 valence electrons. The lowest BCUT2D eigenvalue weighted by atomic mass is 10.1. The van der Waals surface area contributed by atoms with Crippen LogP contribution in [0.5, 0.6) is 0 Å². The van der Waals surface area contributed by atoms with Gasteiger partial charge >= 0.3 is 11.9 Å². The van der Waals surface area contributed by atoms with E-state index < -0.39 is 17.8 Å². The highest BCUT2D eigenvalue weighted by Gasteiger charge is 2.13. The highest BCUT2D eigenvalue weighted by molar-refractivity contribution is 6.04. The summed E-state index contributed by atoms with van der Waals surface area (Å²) in [5.41, 5.74) is -0.0529. The number of aromatic carboxylic acids is 2. The van der Waals surface area contributed by atoms with Crippen LogP contribution in [0.1, 0.15) is 31.2 Å². The number of carboxylic acid groups (broad SMARTS) is 2. The zero-order chi connectivity index (χ0) is 14.7. The van der Waals surface area contributed by atoms with E-state index in [9.17, 15) is 14.4 Å². The number of aromatic amines is 1. The van der Waals surface area contributed by atoms with E-state index in [0.717, 1.165) is 6.07 Å². The minimum absolute atomic E-state index is 0.0990. The number of hydrogen-bond acceptors (Lipinski definition) is 3. The van der Waals surface area contributed by atoms with Crippen LogP contribution in [0.4, 0.5) is 5.69 Å². The molecule has 0 radical (unpaired) electrons. The molecule has 0 unspecified atom stereocenters. The van der Waals surface area contributed by atoms with Gasteiger partial charge in [-0.1, -0.05) is 0 Å². The first-order valence-electron chi connectivity index (χ1n) is 5.54. The topological polar surface area (TPSA) is 119 Å². The molecule has 7 nitrogen and oxygen atoms in total. The van der Waals surface area contributed by atoms with E-state index in [1.165, 1.54) is 18.2 Å². The number of carboxylic acids is 2. The molecule has 1 aromatic carbocycles. The lowest BCUT2D eigenvalue weighted by Crippen LogP contribution is -2.13. The van der Waals surface area contributed by atoms with Gasteiger partial charge in [0.1, 0.15) is 5.69 Å². The molecular formula is C13H10N2O5. The van der Waals surface area contributed by atoms with E-state index in [0.29, 0.717) is 0 Å². The molecule has 4 N–H and O–H groups in total. The van der Waals surface area contributed by atoms with Crippen molar-refractivity contribution >= 4 is 23.5 Å². The number of amides is 1. The molecule has 0 aliphatic carbocycles. The fraction of sp³-hybridized carbons (Fsp3) is 0. The molecule has 7 heteroatoms. The second-order valence-corrected chi connectivity index (χ2v) is 3.95. The predicted molar refractivity (Wildman–Crippen MR) is 69.1 cm³/mol. The maximum atomic E-state index is 11.8. The number of anilines is 1. The Morgan fingerprint density at radius 3 is 2.05 bits per heavy atom. The monoisotopic (exact) mass is 274 g/mol. The van der Waals surface area contributed by atoms with Crippen molar-refractivity contribution in [3.05, 3.63) is 53.3 Å². The molecule has 0 aliphatic rings. The third kappa shape index (κ3) is 2.83. The van der Waals surface area contributed by atoms with Gasteiger partial charge in [0.15, 0.2) is 0 Å². The molecule has 1 aromatic heterocycles. The van der Waals surface area contributed by atoms with E-state index in [4.69, 9.17) is 10.2 Å². The molecule has 0 bridgehead atoms. The molecule has 2 aromatic rings.